The molecule has 10 heteroatoms. The molecule has 1 aliphatic carbocycles. The quantitative estimate of drug-likeness (QED) is 0.688. The molecule has 4 rings (SSSR count). The summed E-state index contributed by atoms with van der Waals surface area (Å²) in [4.78, 5) is 41.1. The lowest BCUT2D eigenvalue weighted by molar-refractivity contribution is -0.275. The topological polar surface area (TPSA) is 79.0 Å². The molecule has 0 bridgehead atoms. The average Bonchev–Trinajstić information content (AvgIpc) is 3.56. The van der Waals surface area contributed by atoms with Gasteiger partial charge in [-0.25, -0.2) is 0 Å². The van der Waals surface area contributed by atoms with Crippen LogP contribution in [-0.2, 0) is 16.1 Å². The Bertz CT molecular complexity index is 1080. The highest BCUT2D eigenvalue weighted by molar-refractivity contribution is 6.05. The van der Waals surface area contributed by atoms with E-state index in [4.69, 9.17) is 0 Å². The molecule has 1 unspecified atom stereocenters. The summed E-state index contributed by atoms with van der Waals surface area (Å²) in [5, 5.41) is 2.58. The zero-order valence-electron chi connectivity index (χ0n) is 17.8. The van der Waals surface area contributed by atoms with Crippen molar-refractivity contribution in [2.75, 3.05) is 13.6 Å². The summed E-state index contributed by atoms with van der Waals surface area (Å²) < 4.78 is 41.9. The van der Waals surface area contributed by atoms with Gasteiger partial charge in [-0.1, -0.05) is 36.4 Å². The number of halogens is 3. The molecule has 2 aromatic rings. The molecule has 7 nitrogen and oxygen atoms in total. The maximum atomic E-state index is 13.0. The van der Waals surface area contributed by atoms with Crippen LogP contribution < -0.4 is 10.1 Å². The van der Waals surface area contributed by atoms with Crippen LogP contribution in [0.25, 0.3) is 0 Å². The molecular formula is C23H22F3N3O4. The fourth-order valence-corrected chi connectivity index (χ4v) is 3.93. The maximum absolute atomic E-state index is 13.0. The number of carbonyl (C=O) groups is 3. The van der Waals surface area contributed by atoms with E-state index in [0.29, 0.717) is 11.1 Å². The molecule has 3 amide bonds. The van der Waals surface area contributed by atoms with Crippen LogP contribution in [0, 0.1) is 0 Å². The number of benzene rings is 2. The Balaban J connectivity index is 1.40. The summed E-state index contributed by atoms with van der Waals surface area (Å²) in [6.45, 7) is -0.497. The second-order valence-electron chi connectivity index (χ2n) is 8.06. The number of likely N-dealkylation sites (N-methyl/N-ethyl adjacent to an activating group) is 1. The molecular weight excluding hydrogens is 439 g/mol. The molecule has 2 aliphatic rings. The largest absolute Gasteiger partial charge is 0.573 e. The van der Waals surface area contributed by atoms with Gasteiger partial charge in [0.25, 0.3) is 5.91 Å². The number of para-hydroxylation sites is 1. The van der Waals surface area contributed by atoms with Crippen LogP contribution in [0.15, 0.2) is 48.5 Å². The Morgan fingerprint density at radius 1 is 1.12 bits per heavy atom. The Labute approximate surface area is 188 Å². The monoisotopic (exact) mass is 461 g/mol. The van der Waals surface area contributed by atoms with Gasteiger partial charge in [0.05, 0.1) is 6.54 Å². The van der Waals surface area contributed by atoms with Crippen molar-refractivity contribution in [1.82, 2.24) is 15.1 Å². The van der Waals surface area contributed by atoms with Gasteiger partial charge in [0, 0.05) is 30.8 Å². The lowest BCUT2D eigenvalue weighted by Gasteiger charge is -2.25. The van der Waals surface area contributed by atoms with Crippen molar-refractivity contribution in [1.29, 1.82) is 0 Å². The molecule has 2 aromatic carbocycles. The van der Waals surface area contributed by atoms with Crippen LogP contribution in [0.4, 0.5) is 13.2 Å². The van der Waals surface area contributed by atoms with E-state index in [9.17, 15) is 27.6 Å². The standard InChI is InChI=1S/C23H22F3N3O4/c1-28(13-14-6-2-5-9-18(14)33-23(24,25)26)19(30)12-27-21(31)20-16-7-3-4-8-17(16)22(32)29(20)15-10-11-15/h2-9,15,20H,10-13H2,1H3,(H,27,31). The summed E-state index contributed by atoms with van der Waals surface area (Å²) in [7, 11) is 1.42. The molecule has 1 saturated carbocycles. The lowest BCUT2D eigenvalue weighted by atomic mass is 10.0. The van der Waals surface area contributed by atoms with E-state index >= 15 is 0 Å². The second kappa shape index (κ2) is 8.76. The van der Waals surface area contributed by atoms with Crippen molar-refractivity contribution in [3.8, 4) is 5.75 Å². The van der Waals surface area contributed by atoms with Gasteiger partial charge in [0.2, 0.25) is 11.8 Å². The maximum Gasteiger partial charge on any atom is 0.573 e. The van der Waals surface area contributed by atoms with Crippen LogP contribution in [0.1, 0.15) is 40.4 Å². The molecule has 1 fully saturated rings. The Morgan fingerprint density at radius 3 is 2.48 bits per heavy atom. The van der Waals surface area contributed by atoms with E-state index < -0.39 is 30.0 Å². The molecule has 1 atom stereocenters. The predicted molar refractivity (Wildman–Crippen MR) is 111 cm³/mol. The minimum Gasteiger partial charge on any atom is -0.405 e. The normalized spacial score (nSPS) is 17.5. The third kappa shape index (κ3) is 4.94. The van der Waals surface area contributed by atoms with Crippen molar-refractivity contribution in [3.63, 3.8) is 0 Å². The van der Waals surface area contributed by atoms with Gasteiger partial charge < -0.3 is 19.9 Å². The molecule has 1 heterocycles. The van der Waals surface area contributed by atoms with Gasteiger partial charge in [-0.3, -0.25) is 14.4 Å². The van der Waals surface area contributed by atoms with Gasteiger partial charge in [-0.05, 0) is 30.5 Å². The van der Waals surface area contributed by atoms with Crippen molar-refractivity contribution >= 4 is 17.7 Å². The molecule has 174 valence electrons. The average molecular weight is 461 g/mol. The Morgan fingerprint density at radius 2 is 1.79 bits per heavy atom. The highest BCUT2D eigenvalue weighted by atomic mass is 19.4. The summed E-state index contributed by atoms with van der Waals surface area (Å²) in [6.07, 6.45) is -3.20. The van der Waals surface area contributed by atoms with Gasteiger partial charge in [-0.2, -0.15) is 0 Å². The van der Waals surface area contributed by atoms with Gasteiger partial charge >= 0.3 is 6.36 Å². The number of hydrogen-bond donors (Lipinski definition) is 1. The van der Waals surface area contributed by atoms with Crippen molar-refractivity contribution in [2.45, 2.75) is 37.8 Å². The fourth-order valence-electron chi connectivity index (χ4n) is 3.93. The molecule has 0 aromatic heterocycles. The van der Waals surface area contributed by atoms with Gasteiger partial charge in [0.15, 0.2) is 0 Å². The first kappa shape index (κ1) is 22.6. The zero-order chi connectivity index (χ0) is 23.8. The third-order valence-corrected chi connectivity index (χ3v) is 5.63. The predicted octanol–water partition coefficient (Wildman–Crippen LogP) is 3.02. The van der Waals surface area contributed by atoms with E-state index in [1.165, 1.54) is 30.1 Å². The zero-order valence-corrected chi connectivity index (χ0v) is 17.8. The smallest absolute Gasteiger partial charge is 0.405 e. The fraction of sp³-hybridized carbons (Fsp3) is 0.348. The molecule has 0 spiro atoms. The first-order chi connectivity index (χ1) is 15.7. The van der Waals surface area contributed by atoms with Crippen LogP contribution in [0.2, 0.25) is 0 Å². The number of hydrogen-bond acceptors (Lipinski definition) is 4. The van der Waals surface area contributed by atoms with Gasteiger partial charge in [-0.15, -0.1) is 13.2 Å². The number of alkyl halides is 3. The molecule has 0 radical (unpaired) electrons. The third-order valence-electron chi connectivity index (χ3n) is 5.63. The highest BCUT2D eigenvalue weighted by Gasteiger charge is 2.47. The summed E-state index contributed by atoms with van der Waals surface area (Å²) in [5.41, 5.74) is 1.26. The summed E-state index contributed by atoms with van der Waals surface area (Å²) >= 11 is 0. The molecule has 33 heavy (non-hydrogen) atoms. The first-order valence-electron chi connectivity index (χ1n) is 10.4. The molecule has 1 aliphatic heterocycles. The number of nitrogens with zero attached hydrogens (tertiary/aromatic N) is 2. The van der Waals surface area contributed by atoms with Crippen LogP contribution >= 0.6 is 0 Å². The van der Waals surface area contributed by atoms with Crippen LogP contribution in [0.5, 0.6) is 5.75 Å². The van der Waals surface area contributed by atoms with Gasteiger partial charge in [0.1, 0.15) is 11.8 Å². The summed E-state index contributed by atoms with van der Waals surface area (Å²) in [6, 6.07) is 11.6. The first-order valence-corrected chi connectivity index (χ1v) is 10.4. The number of ether oxygens (including phenoxy) is 1. The molecule has 0 saturated heterocycles. The SMILES string of the molecule is CN(Cc1ccccc1OC(F)(F)F)C(=O)CNC(=O)C1c2ccccc2C(=O)N1C1CC1. The molecule has 1 N–H and O–H groups in total. The summed E-state index contributed by atoms with van der Waals surface area (Å²) in [5.74, 6) is -1.56. The van der Waals surface area contributed by atoms with E-state index in [1.807, 2.05) is 0 Å². The van der Waals surface area contributed by atoms with Crippen molar-refractivity contribution in [3.05, 3.63) is 65.2 Å². The second-order valence-corrected chi connectivity index (χ2v) is 8.06. The van der Waals surface area contributed by atoms with Crippen LogP contribution in [-0.4, -0.2) is 53.5 Å². The number of nitrogens with one attached hydrogen (secondary N) is 1. The van der Waals surface area contributed by atoms with E-state index in [0.717, 1.165) is 12.8 Å². The van der Waals surface area contributed by atoms with E-state index in [1.54, 1.807) is 35.2 Å². The van der Waals surface area contributed by atoms with Crippen molar-refractivity contribution < 1.29 is 32.3 Å². The Hall–Kier alpha value is -3.56. The Kier molecular flexibility index (Phi) is 6.01. The van der Waals surface area contributed by atoms with E-state index in [2.05, 4.69) is 10.1 Å². The number of fused-ring (bicyclic) bond motifs is 1. The number of amides is 3. The van der Waals surface area contributed by atoms with E-state index in [-0.39, 0.29) is 30.6 Å². The minimum absolute atomic E-state index is 0.00385. The lowest BCUT2D eigenvalue weighted by Crippen LogP contribution is -2.44. The number of rotatable bonds is 7. The van der Waals surface area contributed by atoms with Crippen LogP contribution in [0.3, 0.4) is 0 Å². The van der Waals surface area contributed by atoms with Crippen molar-refractivity contribution in [2.24, 2.45) is 0 Å². The highest BCUT2D eigenvalue weighted by Crippen LogP contribution is 2.41. The number of carbonyl (C=O) groups excluding carboxylic acids is 3. The minimum atomic E-state index is -4.85.